The molecule has 0 aromatic heterocycles. The average molecular weight is 249 g/mol. The number of ether oxygens (including phenoxy) is 1. The number of halogens is 2. The molecule has 0 heterocycles. The number of hydrogen-bond donors (Lipinski definition) is 1. The van der Waals surface area contributed by atoms with Gasteiger partial charge in [0.2, 0.25) is 0 Å². The Kier molecular flexibility index (Phi) is 3.58. The summed E-state index contributed by atoms with van der Waals surface area (Å²) in [6.07, 6.45) is 0. The zero-order valence-electron chi connectivity index (χ0n) is 9.86. The fourth-order valence-corrected chi connectivity index (χ4v) is 1.69. The van der Waals surface area contributed by atoms with Gasteiger partial charge in [0.05, 0.1) is 0 Å². The lowest BCUT2D eigenvalue weighted by atomic mass is 10.1. The SMILES string of the molecule is C[C@@H](N)c1c(F)cccc1Oc1ccccc1F. The van der Waals surface area contributed by atoms with Crippen LogP contribution in [0.3, 0.4) is 0 Å². The van der Waals surface area contributed by atoms with E-state index in [1.54, 1.807) is 25.1 Å². The lowest BCUT2D eigenvalue weighted by Gasteiger charge is -2.14. The van der Waals surface area contributed by atoms with Crippen molar-refractivity contribution < 1.29 is 13.5 Å². The van der Waals surface area contributed by atoms with Crippen LogP contribution in [0.25, 0.3) is 0 Å². The molecule has 2 rings (SSSR count). The van der Waals surface area contributed by atoms with Crippen molar-refractivity contribution in [2.45, 2.75) is 13.0 Å². The van der Waals surface area contributed by atoms with E-state index in [9.17, 15) is 8.78 Å². The quantitative estimate of drug-likeness (QED) is 0.898. The molecule has 0 aliphatic rings. The van der Waals surface area contributed by atoms with Gasteiger partial charge in [0.1, 0.15) is 11.6 Å². The second-order valence-corrected chi connectivity index (χ2v) is 3.97. The van der Waals surface area contributed by atoms with Crippen molar-refractivity contribution in [3.8, 4) is 11.5 Å². The summed E-state index contributed by atoms with van der Waals surface area (Å²) in [5.41, 5.74) is 5.93. The predicted octanol–water partition coefficient (Wildman–Crippen LogP) is 3.78. The molecule has 0 spiro atoms. The Morgan fingerprint density at radius 2 is 1.56 bits per heavy atom. The van der Waals surface area contributed by atoms with Crippen molar-refractivity contribution >= 4 is 0 Å². The second-order valence-electron chi connectivity index (χ2n) is 3.97. The molecular weight excluding hydrogens is 236 g/mol. The molecule has 0 saturated carbocycles. The molecule has 1 atom stereocenters. The topological polar surface area (TPSA) is 35.2 Å². The molecule has 0 amide bonds. The van der Waals surface area contributed by atoms with Gasteiger partial charge in [0.25, 0.3) is 0 Å². The molecule has 4 heteroatoms. The van der Waals surface area contributed by atoms with Crippen molar-refractivity contribution in [3.63, 3.8) is 0 Å². The van der Waals surface area contributed by atoms with Gasteiger partial charge in [0.15, 0.2) is 11.6 Å². The molecule has 2 aromatic carbocycles. The molecule has 0 aliphatic heterocycles. The minimum Gasteiger partial charge on any atom is -0.454 e. The van der Waals surface area contributed by atoms with Gasteiger partial charge in [-0.2, -0.15) is 0 Å². The molecule has 18 heavy (non-hydrogen) atoms. The standard InChI is InChI=1S/C14H13F2NO/c1-9(17)14-11(16)6-4-8-13(14)18-12-7-3-2-5-10(12)15/h2-9H,17H2,1H3/t9-/m1/s1. The van der Waals surface area contributed by atoms with Crippen molar-refractivity contribution in [2.24, 2.45) is 5.73 Å². The Morgan fingerprint density at radius 1 is 0.944 bits per heavy atom. The van der Waals surface area contributed by atoms with Gasteiger partial charge in [-0.05, 0) is 31.2 Å². The van der Waals surface area contributed by atoms with Gasteiger partial charge >= 0.3 is 0 Å². The van der Waals surface area contributed by atoms with Crippen molar-refractivity contribution in [3.05, 3.63) is 59.7 Å². The Hall–Kier alpha value is -1.94. The van der Waals surface area contributed by atoms with Crippen LogP contribution in [0.2, 0.25) is 0 Å². The maximum absolute atomic E-state index is 13.7. The minimum atomic E-state index is -0.534. The molecule has 0 fully saturated rings. The maximum Gasteiger partial charge on any atom is 0.165 e. The first-order chi connectivity index (χ1) is 8.59. The van der Waals surface area contributed by atoms with E-state index in [1.807, 2.05) is 0 Å². The normalized spacial score (nSPS) is 12.2. The lowest BCUT2D eigenvalue weighted by molar-refractivity contribution is 0.428. The van der Waals surface area contributed by atoms with Crippen LogP contribution in [-0.2, 0) is 0 Å². The highest BCUT2D eigenvalue weighted by Gasteiger charge is 2.15. The van der Waals surface area contributed by atoms with Crippen molar-refractivity contribution in [1.29, 1.82) is 0 Å². The third-order valence-electron chi connectivity index (χ3n) is 2.52. The van der Waals surface area contributed by atoms with Gasteiger partial charge in [-0.3, -0.25) is 0 Å². The number of para-hydroxylation sites is 1. The smallest absolute Gasteiger partial charge is 0.165 e. The van der Waals surface area contributed by atoms with Crippen LogP contribution in [0.5, 0.6) is 11.5 Å². The van der Waals surface area contributed by atoms with Crippen LogP contribution < -0.4 is 10.5 Å². The van der Waals surface area contributed by atoms with E-state index in [0.29, 0.717) is 0 Å². The van der Waals surface area contributed by atoms with E-state index in [0.717, 1.165) is 0 Å². The predicted molar refractivity (Wildman–Crippen MR) is 65.5 cm³/mol. The average Bonchev–Trinajstić information content (AvgIpc) is 2.31. The molecule has 2 aromatic rings. The van der Waals surface area contributed by atoms with Gasteiger partial charge in [-0.15, -0.1) is 0 Å². The first kappa shape index (κ1) is 12.5. The third-order valence-corrected chi connectivity index (χ3v) is 2.52. The molecular formula is C14H13F2NO. The number of benzene rings is 2. The fraction of sp³-hybridized carbons (Fsp3) is 0.143. The third kappa shape index (κ3) is 2.49. The van der Waals surface area contributed by atoms with Crippen molar-refractivity contribution in [2.75, 3.05) is 0 Å². The van der Waals surface area contributed by atoms with Crippen LogP contribution in [0.15, 0.2) is 42.5 Å². The molecule has 0 aliphatic carbocycles. The Bertz CT molecular complexity index is 555. The van der Waals surface area contributed by atoms with Crippen LogP contribution in [0.1, 0.15) is 18.5 Å². The lowest BCUT2D eigenvalue weighted by Crippen LogP contribution is -2.09. The Balaban J connectivity index is 2.41. The van der Waals surface area contributed by atoms with E-state index < -0.39 is 17.7 Å². The summed E-state index contributed by atoms with van der Waals surface area (Å²) < 4.78 is 32.5. The van der Waals surface area contributed by atoms with E-state index in [1.165, 1.54) is 24.3 Å². The monoisotopic (exact) mass is 249 g/mol. The van der Waals surface area contributed by atoms with Gasteiger partial charge in [-0.1, -0.05) is 18.2 Å². The van der Waals surface area contributed by atoms with Gasteiger partial charge in [-0.25, -0.2) is 8.78 Å². The van der Waals surface area contributed by atoms with Crippen LogP contribution in [0.4, 0.5) is 8.78 Å². The number of hydrogen-bond acceptors (Lipinski definition) is 2. The summed E-state index contributed by atoms with van der Waals surface area (Å²) in [6.45, 7) is 1.65. The molecule has 0 bridgehead atoms. The van der Waals surface area contributed by atoms with Crippen LogP contribution in [-0.4, -0.2) is 0 Å². The summed E-state index contributed by atoms with van der Waals surface area (Å²) in [5, 5.41) is 0. The minimum absolute atomic E-state index is 0.0463. The molecule has 2 N–H and O–H groups in total. The maximum atomic E-state index is 13.7. The van der Waals surface area contributed by atoms with Crippen LogP contribution >= 0.6 is 0 Å². The zero-order valence-corrected chi connectivity index (χ0v) is 9.86. The summed E-state index contributed by atoms with van der Waals surface area (Å²) in [7, 11) is 0. The molecule has 0 radical (unpaired) electrons. The largest absolute Gasteiger partial charge is 0.454 e. The van der Waals surface area contributed by atoms with E-state index in [4.69, 9.17) is 10.5 Å². The van der Waals surface area contributed by atoms with Crippen LogP contribution in [0, 0.1) is 11.6 Å². The second kappa shape index (κ2) is 5.14. The number of rotatable bonds is 3. The zero-order chi connectivity index (χ0) is 13.1. The summed E-state index contributed by atoms with van der Waals surface area (Å²) >= 11 is 0. The van der Waals surface area contributed by atoms with E-state index >= 15 is 0 Å². The first-order valence-corrected chi connectivity index (χ1v) is 5.56. The van der Waals surface area contributed by atoms with E-state index in [2.05, 4.69) is 0 Å². The molecule has 0 saturated heterocycles. The van der Waals surface area contributed by atoms with Crippen molar-refractivity contribution in [1.82, 2.24) is 0 Å². The Morgan fingerprint density at radius 3 is 2.22 bits per heavy atom. The Labute approximate surface area is 104 Å². The highest BCUT2D eigenvalue weighted by Crippen LogP contribution is 2.31. The summed E-state index contributed by atoms with van der Waals surface area (Å²) in [6, 6.07) is 9.78. The fourth-order valence-electron chi connectivity index (χ4n) is 1.69. The molecule has 0 unspecified atom stereocenters. The van der Waals surface area contributed by atoms with Gasteiger partial charge < -0.3 is 10.5 Å². The highest BCUT2D eigenvalue weighted by atomic mass is 19.1. The highest BCUT2D eigenvalue weighted by molar-refractivity contribution is 5.40. The number of nitrogens with two attached hydrogens (primary N) is 1. The summed E-state index contributed by atoms with van der Waals surface area (Å²) in [5.74, 6) is -0.684. The van der Waals surface area contributed by atoms with E-state index in [-0.39, 0.29) is 17.1 Å². The summed E-state index contributed by atoms with van der Waals surface area (Å²) in [4.78, 5) is 0. The molecule has 94 valence electrons. The molecule has 2 nitrogen and oxygen atoms in total. The first-order valence-electron chi connectivity index (χ1n) is 5.56. The van der Waals surface area contributed by atoms with Gasteiger partial charge in [0, 0.05) is 11.6 Å².